The second kappa shape index (κ2) is 4.37. The maximum atomic E-state index is 11.6. The van der Waals surface area contributed by atoms with E-state index in [2.05, 4.69) is 5.10 Å². The Hall–Kier alpha value is -1.56. The third-order valence-electron chi connectivity index (χ3n) is 3.00. The van der Waals surface area contributed by atoms with Crippen molar-refractivity contribution in [1.29, 1.82) is 0 Å². The maximum Gasteiger partial charge on any atom is 0.260 e. The van der Waals surface area contributed by atoms with Crippen LogP contribution in [0, 0.1) is 13.8 Å². The van der Waals surface area contributed by atoms with Crippen molar-refractivity contribution >= 4 is 5.91 Å². The molecule has 1 fully saturated rings. The zero-order valence-corrected chi connectivity index (χ0v) is 10.3. The smallest absolute Gasteiger partial charge is 0.260 e. The molecule has 0 saturated carbocycles. The molecule has 0 unspecified atom stereocenters. The predicted octanol–water partition coefficient (Wildman–Crippen LogP) is -0.381. The summed E-state index contributed by atoms with van der Waals surface area (Å²) >= 11 is 0. The van der Waals surface area contributed by atoms with Gasteiger partial charge in [0.15, 0.2) is 12.4 Å². The minimum absolute atomic E-state index is 0.0000926. The SMILES string of the molecule is Cc1nn(C)c(C)c1OCC(=O)N1CC(O)C1. The predicted molar refractivity (Wildman–Crippen MR) is 60.8 cm³/mol. The number of carbonyl (C=O) groups is 1. The van der Waals surface area contributed by atoms with Crippen LogP contribution in [0.1, 0.15) is 11.4 Å². The zero-order valence-electron chi connectivity index (χ0n) is 10.3. The van der Waals surface area contributed by atoms with E-state index in [4.69, 9.17) is 9.84 Å². The highest BCUT2D eigenvalue weighted by Gasteiger charge is 2.29. The van der Waals surface area contributed by atoms with Gasteiger partial charge in [-0.25, -0.2) is 0 Å². The van der Waals surface area contributed by atoms with Crippen LogP contribution in [-0.2, 0) is 11.8 Å². The molecule has 0 atom stereocenters. The molecule has 0 radical (unpaired) electrons. The van der Waals surface area contributed by atoms with Gasteiger partial charge in [-0.2, -0.15) is 5.10 Å². The Labute approximate surface area is 99.8 Å². The molecule has 17 heavy (non-hydrogen) atoms. The number of aromatic nitrogens is 2. The minimum atomic E-state index is -0.374. The fourth-order valence-corrected chi connectivity index (χ4v) is 1.85. The summed E-state index contributed by atoms with van der Waals surface area (Å²) in [4.78, 5) is 13.2. The van der Waals surface area contributed by atoms with E-state index in [0.29, 0.717) is 18.8 Å². The van der Waals surface area contributed by atoms with E-state index < -0.39 is 0 Å². The van der Waals surface area contributed by atoms with Crippen molar-refractivity contribution in [2.24, 2.45) is 7.05 Å². The molecule has 1 saturated heterocycles. The number of aliphatic hydroxyl groups is 1. The highest BCUT2D eigenvalue weighted by atomic mass is 16.5. The van der Waals surface area contributed by atoms with Crippen molar-refractivity contribution < 1.29 is 14.6 Å². The standard InChI is InChI=1S/C11H17N3O3/c1-7-11(8(2)13(3)12-7)17-6-10(16)14-4-9(15)5-14/h9,15H,4-6H2,1-3H3. The van der Waals surface area contributed by atoms with E-state index in [-0.39, 0.29) is 18.6 Å². The number of aliphatic hydroxyl groups excluding tert-OH is 1. The van der Waals surface area contributed by atoms with Crippen LogP contribution in [-0.4, -0.2) is 51.5 Å². The lowest BCUT2D eigenvalue weighted by Crippen LogP contribution is -2.54. The molecule has 1 aromatic rings. The van der Waals surface area contributed by atoms with Gasteiger partial charge in [0, 0.05) is 20.1 Å². The van der Waals surface area contributed by atoms with Crippen molar-refractivity contribution in [3.63, 3.8) is 0 Å². The highest BCUT2D eigenvalue weighted by Crippen LogP contribution is 2.21. The van der Waals surface area contributed by atoms with Crippen LogP contribution in [0.15, 0.2) is 0 Å². The average molecular weight is 239 g/mol. The minimum Gasteiger partial charge on any atom is -0.480 e. The van der Waals surface area contributed by atoms with Gasteiger partial charge in [0.25, 0.3) is 5.91 Å². The Kier molecular flexibility index (Phi) is 3.06. The number of ether oxygens (including phenoxy) is 1. The van der Waals surface area contributed by atoms with E-state index in [0.717, 1.165) is 11.4 Å². The van der Waals surface area contributed by atoms with E-state index >= 15 is 0 Å². The second-order valence-electron chi connectivity index (χ2n) is 4.36. The molecule has 6 nitrogen and oxygen atoms in total. The first kappa shape index (κ1) is 11.9. The number of carbonyl (C=O) groups excluding carboxylic acids is 1. The molecule has 2 rings (SSSR count). The zero-order chi connectivity index (χ0) is 12.6. The molecule has 1 aliphatic rings. The lowest BCUT2D eigenvalue weighted by Gasteiger charge is -2.35. The van der Waals surface area contributed by atoms with Gasteiger partial charge < -0.3 is 14.7 Å². The summed E-state index contributed by atoms with van der Waals surface area (Å²) in [7, 11) is 1.84. The molecule has 1 aromatic heterocycles. The molecule has 2 heterocycles. The lowest BCUT2D eigenvalue weighted by molar-refractivity contribution is -0.143. The first-order valence-electron chi connectivity index (χ1n) is 5.58. The fourth-order valence-electron chi connectivity index (χ4n) is 1.85. The number of aryl methyl sites for hydroxylation is 2. The second-order valence-corrected chi connectivity index (χ2v) is 4.36. The van der Waals surface area contributed by atoms with E-state index in [1.165, 1.54) is 0 Å². The number of hydrogen-bond donors (Lipinski definition) is 1. The number of hydrogen-bond acceptors (Lipinski definition) is 4. The van der Waals surface area contributed by atoms with Gasteiger partial charge in [0.1, 0.15) is 5.69 Å². The summed E-state index contributed by atoms with van der Waals surface area (Å²) < 4.78 is 7.21. The first-order chi connectivity index (χ1) is 7.99. The third kappa shape index (κ3) is 2.26. The maximum absolute atomic E-state index is 11.6. The van der Waals surface area contributed by atoms with Crippen LogP contribution in [0.5, 0.6) is 5.75 Å². The lowest BCUT2D eigenvalue weighted by atomic mass is 10.2. The Bertz CT molecular complexity index is 435. The Balaban J connectivity index is 1.91. The number of nitrogens with zero attached hydrogens (tertiary/aromatic N) is 3. The normalized spacial score (nSPS) is 15.9. The Morgan fingerprint density at radius 2 is 2.18 bits per heavy atom. The Morgan fingerprint density at radius 1 is 1.53 bits per heavy atom. The summed E-state index contributed by atoms with van der Waals surface area (Å²) in [6, 6.07) is 0. The van der Waals surface area contributed by atoms with Crippen LogP contribution < -0.4 is 4.74 Å². The summed E-state index contributed by atoms with van der Waals surface area (Å²) in [5.41, 5.74) is 1.68. The largest absolute Gasteiger partial charge is 0.480 e. The first-order valence-corrected chi connectivity index (χ1v) is 5.58. The van der Waals surface area contributed by atoms with Crippen molar-refractivity contribution in [3.05, 3.63) is 11.4 Å². The Morgan fingerprint density at radius 3 is 2.65 bits per heavy atom. The molecule has 0 spiro atoms. The van der Waals surface area contributed by atoms with Gasteiger partial charge >= 0.3 is 0 Å². The molecule has 0 bridgehead atoms. The van der Waals surface area contributed by atoms with Crippen LogP contribution >= 0.6 is 0 Å². The fraction of sp³-hybridized carbons (Fsp3) is 0.636. The highest BCUT2D eigenvalue weighted by molar-refractivity contribution is 5.78. The van der Waals surface area contributed by atoms with Crippen molar-refractivity contribution in [2.75, 3.05) is 19.7 Å². The van der Waals surface area contributed by atoms with Crippen LogP contribution in [0.25, 0.3) is 0 Å². The summed E-state index contributed by atoms with van der Waals surface area (Å²) in [6.45, 7) is 4.56. The van der Waals surface area contributed by atoms with Gasteiger partial charge in [-0.15, -0.1) is 0 Å². The van der Waals surface area contributed by atoms with Crippen LogP contribution in [0.3, 0.4) is 0 Å². The van der Waals surface area contributed by atoms with Gasteiger partial charge in [-0.3, -0.25) is 9.48 Å². The topological polar surface area (TPSA) is 67.6 Å². The molecule has 0 aliphatic carbocycles. The van der Waals surface area contributed by atoms with Crippen LogP contribution in [0.2, 0.25) is 0 Å². The molecular weight excluding hydrogens is 222 g/mol. The van der Waals surface area contributed by atoms with Crippen molar-refractivity contribution in [2.45, 2.75) is 20.0 Å². The average Bonchev–Trinajstić information content (AvgIpc) is 2.46. The monoisotopic (exact) mass is 239 g/mol. The summed E-state index contributed by atoms with van der Waals surface area (Å²) in [5.74, 6) is 0.569. The van der Waals surface area contributed by atoms with Gasteiger partial charge in [0.05, 0.1) is 11.8 Å². The summed E-state index contributed by atoms with van der Waals surface area (Å²) in [6.07, 6.45) is -0.374. The van der Waals surface area contributed by atoms with Crippen molar-refractivity contribution in [3.8, 4) is 5.75 Å². The molecular formula is C11H17N3O3. The third-order valence-corrected chi connectivity index (χ3v) is 3.00. The molecule has 1 amide bonds. The number of β-amino-alcohol motifs (C(OH)–C–C–N with tert-alkyl or cyclic N) is 1. The van der Waals surface area contributed by atoms with Crippen LogP contribution in [0.4, 0.5) is 0 Å². The number of rotatable bonds is 3. The number of amides is 1. The van der Waals surface area contributed by atoms with E-state index in [1.807, 2.05) is 20.9 Å². The van der Waals surface area contributed by atoms with Crippen molar-refractivity contribution in [1.82, 2.24) is 14.7 Å². The van der Waals surface area contributed by atoms with Gasteiger partial charge in [-0.1, -0.05) is 0 Å². The quantitative estimate of drug-likeness (QED) is 0.780. The molecule has 0 aromatic carbocycles. The van der Waals surface area contributed by atoms with E-state index in [9.17, 15) is 4.79 Å². The summed E-state index contributed by atoms with van der Waals surface area (Å²) in [5, 5.41) is 13.3. The van der Waals surface area contributed by atoms with E-state index in [1.54, 1.807) is 9.58 Å². The van der Waals surface area contributed by atoms with Gasteiger partial charge in [-0.05, 0) is 13.8 Å². The molecule has 6 heteroatoms. The molecule has 1 N–H and O–H groups in total. The molecule has 1 aliphatic heterocycles. The molecule has 94 valence electrons. The number of likely N-dealkylation sites (tertiary alicyclic amines) is 1. The van der Waals surface area contributed by atoms with Gasteiger partial charge in [0.2, 0.25) is 0 Å².